The summed E-state index contributed by atoms with van der Waals surface area (Å²) in [5.74, 6) is -0.759. The summed E-state index contributed by atoms with van der Waals surface area (Å²) < 4.78 is 41.8. The molecular formula is C18H19FN4O2S. The lowest BCUT2D eigenvalue weighted by atomic mass is 10.2. The summed E-state index contributed by atoms with van der Waals surface area (Å²) in [6, 6.07) is 7.47. The number of fused-ring (bicyclic) bond motifs is 1. The van der Waals surface area contributed by atoms with E-state index in [1.54, 1.807) is 37.5 Å². The van der Waals surface area contributed by atoms with Crippen molar-refractivity contribution >= 4 is 26.7 Å². The van der Waals surface area contributed by atoms with Crippen LogP contribution in [-0.4, -0.2) is 43.6 Å². The van der Waals surface area contributed by atoms with E-state index in [2.05, 4.69) is 15.2 Å². The van der Waals surface area contributed by atoms with Gasteiger partial charge in [-0.3, -0.25) is 4.98 Å². The van der Waals surface area contributed by atoms with Crippen LogP contribution in [0.3, 0.4) is 0 Å². The highest BCUT2D eigenvalue weighted by Crippen LogP contribution is 2.31. The van der Waals surface area contributed by atoms with Crippen molar-refractivity contribution in [2.75, 3.05) is 31.1 Å². The van der Waals surface area contributed by atoms with Gasteiger partial charge in [0.1, 0.15) is 16.2 Å². The van der Waals surface area contributed by atoms with Crippen LogP contribution < -0.4 is 10.2 Å². The number of hydrogen-bond acceptors (Lipinski definition) is 5. The maximum Gasteiger partial charge on any atom is 0.271 e. The molecule has 0 saturated carbocycles. The van der Waals surface area contributed by atoms with Gasteiger partial charge in [0.05, 0.1) is 11.2 Å². The monoisotopic (exact) mass is 374 g/mol. The standard InChI is InChI=1S/C18H19FN4O2S/c1-13-4-5-14(19)17(11-13)26(24,25)23-12-16(22-9-7-20-8-10-22)18-15(23)3-2-6-21-18/h2-6,11-12,20H,7-10H2,1H3. The molecule has 1 aromatic carbocycles. The van der Waals surface area contributed by atoms with Gasteiger partial charge in [-0.1, -0.05) is 6.07 Å². The Morgan fingerprint density at radius 2 is 1.96 bits per heavy atom. The van der Waals surface area contributed by atoms with Crippen molar-refractivity contribution < 1.29 is 12.8 Å². The van der Waals surface area contributed by atoms with Crippen molar-refractivity contribution in [1.82, 2.24) is 14.3 Å². The highest BCUT2D eigenvalue weighted by Gasteiger charge is 2.27. The van der Waals surface area contributed by atoms with Crippen LogP contribution in [-0.2, 0) is 10.0 Å². The molecule has 0 atom stereocenters. The Bertz CT molecular complexity index is 1070. The fourth-order valence-corrected chi connectivity index (χ4v) is 4.77. The van der Waals surface area contributed by atoms with Crippen molar-refractivity contribution in [2.45, 2.75) is 11.8 Å². The number of benzene rings is 1. The average molecular weight is 374 g/mol. The van der Waals surface area contributed by atoms with E-state index < -0.39 is 15.8 Å². The Hall–Kier alpha value is -2.45. The van der Waals surface area contributed by atoms with E-state index in [9.17, 15) is 12.8 Å². The van der Waals surface area contributed by atoms with Gasteiger partial charge in [0, 0.05) is 38.6 Å². The zero-order valence-electron chi connectivity index (χ0n) is 14.3. The quantitative estimate of drug-likeness (QED) is 0.761. The molecule has 6 nitrogen and oxygen atoms in total. The number of nitrogens with zero attached hydrogens (tertiary/aromatic N) is 3. The molecule has 0 spiro atoms. The summed E-state index contributed by atoms with van der Waals surface area (Å²) in [4.78, 5) is 6.16. The zero-order chi connectivity index (χ0) is 18.3. The Morgan fingerprint density at radius 3 is 2.73 bits per heavy atom. The molecule has 0 aliphatic carbocycles. The summed E-state index contributed by atoms with van der Waals surface area (Å²) in [5, 5.41) is 3.27. The van der Waals surface area contributed by atoms with E-state index >= 15 is 0 Å². The van der Waals surface area contributed by atoms with E-state index in [1.807, 2.05) is 0 Å². The molecule has 2 aromatic heterocycles. The molecular weight excluding hydrogens is 355 g/mol. The number of nitrogens with one attached hydrogen (secondary N) is 1. The van der Waals surface area contributed by atoms with E-state index in [0.29, 0.717) is 16.6 Å². The van der Waals surface area contributed by atoms with Crippen LogP contribution in [0.1, 0.15) is 5.56 Å². The van der Waals surface area contributed by atoms with Gasteiger partial charge in [0.2, 0.25) is 0 Å². The first-order valence-corrected chi connectivity index (χ1v) is 9.86. The predicted octanol–water partition coefficient (Wildman–Crippen LogP) is 2.13. The van der Waals surface area contributed by atoms with Crippen LogP contribution in [0, 0.1) is 12.7 Å². The maximum atomic E-state index is 14.3. The van der Waals surface area contributed by atoms with E-state index in [-0.39, 0.29) is 4.90 Å². The van der Waals surface area contributed by atoms with Gasteiger partial charge in [-0.15, -0.1) is 0 Å². The van der Waals surface area contributed by atoms with E-state index in [1.165, 1.54) is 12.1 Å². The second-order valence-electron chi connectivity index (χ2n) is 6.36. The number of hydrogen-bond donors (Lipinski definition) is 1. The zero-order valence-corrected chi connectivity index (χ0v) is 15.1. The Balaban J connectivity index is 1.93. The van der Waals surface area contributed by atoms with Gasteiger partial charge in [-0.05, 0) is 36.8 Å². The third-order valence-corrected chi connectivity index (χ3v) is 6.28. The van der Waals surface area contributed by atoms with Crippen molar-refractivity contribution in [1.29, 1.82) is 0 Å². The minimum absolute atomic E-state index is 0.329. The van der Waals surface area contributed by atoms with Crippen LogP contribution in [0.2, 0.25) is 0 Å². The molecule has 1 aliphatic heterocycles. The molecule has 3 aromatic rings. The van der Waals surface area contributed by atoms with Crippen molar-refractivity contribution in [3.8, 4) is 0 Å². The number of anilines is 1. The highest BCUT2D eigenvalue weighted by atomic mass is 32.2. The minimum atomic E-state index is -4.08. The first-order valence-electron chi connectivity index (χ1n) is 8.42. The number of aryl methyl sites for hydroxylation is 1. The van der Waals surface area contributed by atoms with Crippen molar-refractivity contribution in [2.24, 2.45) is 0 Å². The molecule has 0 bridgehead atoms. The summed E-state index contributed by atoms with van der Waals surface area (Å²) >= 11 is 0. The van der Waals surface area contributed by atoms with Crippen molar-refractivity contribution in [3.05, 3.63) is 54.1 Å². The lowest BCUT2D eigenvalue weighted by molar-refractivity contribution is 0.561. The average Bonchev–Trinajstić information content (AvgIpc) is 3.05. The fraction of sp³-hybridized carbons (Fsp3) is 0.278. The third kappa shape index (κ3) is 2.75. The van der Waals surface area contributed by atoms with Gasteiger partial charge in [-0.25, -0.2) is 16.8 Å². The normalized spacial score (nSPS) is 15.5. The minimum Gasteiger partial charge on any atom is -0.366 e. The first-order chi connectivity index (χ1) is 12.5. The number of aromatic nitrogens is 2. The Labute approximate surface area is 151 Å². The SMILES string of the molecule is Cc1ccc(F)c(S(=O)(=O)n2cc(N3CCNCC3)c3ncccc32)c1. The van der Waals surface area contributed by atoms with Gasteiger partial charge < -0.3 is 10.2 Å². The smallest absolute Gasteiger partial charge is 0.271 e. The van der Waals surface area contributed by atoms with Crippen LogP contribution in [0.4, 0.5) is 10.1 Å². The number of rotatable bonds is 3. The van der Waals surface area contributed by atoms with Gasteiger partial charge in [0.25, 0.3) is 10.0 Å². The second kappa shape index (κ2) is 6.37. The largest absolute Gasteiger partial charge is 0.366 e. The van der Waals surface area contributed by atoms with E-state index in [4.69, 9.17) is 0 Å². The van der Waals surface area contributed by atoms with Gasteiger partial charge in [-0.2, -0.15) is 0 Å². The van der Waals surface area contributed by atoms with Gasteiger partial charge in [0.15, 0.2) is 0 Å². The van der Waals surface area contributed by atoms with Crippen molar-refractivity contribution in [3.63, 3.8) is 0 Å². The molecule has 1 aliphatic rings. The molecule has 1 fully saturated rings. The number of pyridine rings is 1. The summed E-state index contributed by atoms with van der Waals surface area (Å²) in [6.07, 6.45) is 3.19. The molecule has 1 saturated heterocycles. The Kier molecular flexibility index (Phi) is 4.16. The first kappa shape index (κ1) is 17.0. The molecule has 26 heavy (non-hydrogen) atoms. The lowest BCUT2D eigenvalue weighted by Crippen LogP contribution is -2.43. The number of halogens is 1. The summed E-state index contributed by atoms with van der Waals surface area (Å²) in [7, 11) is -4.08. The predicted molar refractivity (Wildman–Crippen MR) is 98.5 cm³/mol. The molecule has 0 unspecified atom stereocenters. The van der Waals surface area contributed by atoms with Crippen LogP contribution in [0.15, 0.2) is 47.6 Å². The maximum absolute atomic E-state index is 14.3. The Morgan fingerprint density at radius 1 is 1.19 bits per heavy atom. The number of piperazine rings is 1. The molecule has 0 radical (unpaired) electrons. The molecule has 136 valence electrons. The summed E-state index contributed by atoms with van der Waals surface area (Å²) in [6.45, 7) is 4.89. The lowest BCUT2D eigenvalue weighted by Gasteiger charge is -2.28. The molecule has 4 rings (SSSR count). The topological polar surface area (TPSA) is 67.2 Å². The molecule has 0 amide bonds. The fourth-order valence-electron chi connectivity index (χ4n) is 3.26. The van der Waals surface area contributed by atoms with E-state index in [0.717, 1.165) is 35.8 Å². The molecule has 3 heterocycles. The molecule has 8 heteroatoms. The van der Waals surface area contributed by atoms with Crippen LogP contribution in [0.5, 0.6) is 0 Å². The van der Waals surface area contributed by atoms with Gasteiger partial charge >= 0.3 is 0 Å². The third-order valence-electron chi connectivity index (χ3n) is 4.59. The van der Waals surface area contributed by atoms with Crippen LogP contribution in [0.25, 0.3) is 11.0 Å². The molecule has 1 N–H and O–H groups in total. The summed E-state index contributed by atoms with van der Waals surface area (Å²) in [5.41, 5.74) is 2.48. The highest BCUT2D eigenvalue weighted by molar-refractivity contribution is 7.90. The van der Waals surface area contributed by atoms with Crippen LogP contribution >= 0.6 is 0 Å². The second-order valence-corrected chi connectivity index (χ2v) is 8.14.